The molecule has 0 fully saturated rings. The Hall–Kier alpha value is -1.17. The lowest BCUT2D eigenvalue weighted by Crippen LogP contribution is -2.12. The second kappa shape index (κ2) is 4.36. The molecule has 0 spiro atoms. The van der Waals surface area contributed by atoms with E-state index in [0.29, 0.717) is 0 Å². The maximum Gasteiger partial charge on any atom is 0.316 e. The molecule has 1 heterocycles. The Kier molecular flexibility index (Phi) is 3.40. The fraction of sp³-hybridized carbons (Fsp3) is 0.500. The van der Waals surface area contributed by atoms with Gasteiger partial charge in [-0.3, -0.25) is 13.7 Å². The van der Waals surface area contributed by atoms with Crippen LogP contribution in [0.2, 0.25) is 0 Å². The number of rotatable bonds is 4. The zero-order valence-electron chi connectivity index (χ0n) is 8.06. The molecule has 1 rings (SSSR count). The lowest BCUT2D eigenvalue weighted by atomic mass is 10.4. The van der Waals surface area contributed by atoms with Crippen LogP contribution in [0.25, 0.3) is 0 Å². The molecule has 1 atom stereocenters. The molecule has 0 saturated carbocycles. The van der Waals surface area contributed by atoms with Crippen molar-refractivity contribution in [1.82, 2.24) is 9.78 Å². The van der Waals surface area contributed by atoms with Crippen molar-refractivity contribution in [3.05, 3.63) is 17.5 Å². The van der Waals surface area contributed by atoms with E-state index in [2.05, 4.69) is 5.10 Å². The minimum Gasteiger partial charge on any atom is -0.481 e. The zero-order valence-corrected chi connectivity index (χ0v) is 8.87. The maximum absolute atomic E-state index is 11.3. The Morgan fingerprint density at radius 2 is 2.36 bits per heavy atom. The Morgan fingerprint density at radius 1 is 1.71 bits per heavy atom. The van der Waals surface area contributed by atoms with Crippen molar-refractivity contribution in [3.8, 4) is 0 Å². The normalized spacial score (nSPS) is 12.7. The molecule has 0 amide bonds. The van der Waals surface area contributed by atoms with Crippen LogP contribution in [-0.2, 0) is 28.4 Å². The SMILES string of the molecule is Cc1cc(CS(=O)CC(=O)O)n(C)n1. The second-order valence-corrected chi connectivity index (χ2v) is 4.48. The van der Waals surface area contributed by atoms with Gasteiger partial charge in [0.15, 0.2) is 0 Å². The first-order valence-corrected chi connectivity index (χ1v) is 5.54. The summed E-state index contributed by atoms with van der Waals surface area (Å²) in [6, 6.07) is 1.81. The molecule has 0 aliphatic rings. The second-order valence-electron chi connectivity index (χ2n) is 3.02. The number of aromatic nitrogens is 2. The van der Waals surface area contributed by atoms with Gasteiger partial charge < -0.3 is 5.11 Å². The summed E-state index contributed by atoms with van der Waals surface area (Å²) in [5.74, 6) is -1.12. The molecule has 14 heavy (non-hydrogen) atoms. The van der Waals surface area contributed by atoms with Crippen LogP contribution < -0.4 is 0 Å². The van der Waals surface area contributed by atoms with Crippen molar-refractivity contribution in [3.63, 3.8) is 0 Å². The molecule has 1 unspecified atom stereocenters. The molecule has 0 aromatic carbocycles. The number of aryl methyl sites for hydroxylation is 2. The average Bonchev–Trinajstić information content (AvgIpc) is 2.28. The summed E-state index contributed by atoms with van der Waals surface area (Å²) in [7, 11) is 0.392. The molecule has 1 N–H and O–H groups in total. The number of hydrogen-bond acceptors (Lipinski definition) is 3. The average molecular weight is 216 g/mol. The molecular weight excluding hydrogens is 204 g/mol. The molecule has 1 aromatic heterocycles. The molecule has 0 aliphatic carbocycles. The minimum atomic E-state index is -1.36. The van der Waals surface area contributed by atoms with Crippen molar-refractivity contribution >= 4 is 16.8 Å². The van der Waals surface area contributed by atoms with E-state index in [4.69, 9.17) is 5.11 Å². The molecule has 78 valence electrons. The van der Waals surface area contributed by atoms with Crippen molar-refractivity contribution in [1.29, 1.82) is 0 Å². The summed E-state index contributed by atoms with van der Waals surface area (Å²) in [5.41, 5.74) is 1.64. The molecule has 5 nitrogen and oxygen atoms in total. The largest absolute Gasteiger partial charge is 0.481 e. The van der Waals surface area contributed by atoms with Crippen LogP contribution in [0.15, 0.2) is 6.07 Å². The fourth-order valence-electron chi connectivity index (χ4n) is 1.15. The Balaban J connectivity index is 2.64. The van der Waals surface area contributed by atoms with Crippen molar-refractivity contribution in [2.24, 2.45) is 7.05 Å². The molecular formula is C8H12N2O3S. The van der Waals surface area contributed by atoms with Crippen LogP contribution in [0.4, 0.5) is 0 Å². The predicted octanol–water partition coefficient (Wildman–Crippen LogP) is 0.0618. The van der Waals surface area contributed by atoms with E-state index in [-0.39, 0.29) is 11.5 Å². The lowest BCUT2D eigenvalue weighted by Gasteiger charge is -1.99. The number of carboxylic acids is 1. The number of hydrogen-bond donors (Lipinski definition) is 1. The number of carboxylic acid groups (broad SMARTS) is 1. The minimum absolute atomic E-state index is 0.240. The highest BCUT2D eigenvalue weighted by Gasteiger charge is 2.10. The third-order valence-corrected chi connectivity index (χ3v) is 2.88. The Morgan fingerprint density at radius 3 is 2.79 bits per heavy atom. The summed E-state index contributed by atoms with van der Waals surface area (Å²) in [6.45, 7) is 1.84. The first-order valence-electron chi connectivity index (χ1n) is 4.05. The molecule has 0 saturated heterocycles. The quantitative estimate of drug-likeness (QED) is 0.772. The highest BCUT2D eigenvalue weighted by atomic mass is 32.2. The summed E-state index contributed by atoms with van der Waals surface area (Å²) < 4.78 is 12.9. The van der Waals surface area contributed by atoms with Crippen molar-refractivity contribution in [2.45, 2.75) is 12.7 Å². The van der Waals surface area contributed by atoms with Gasteiger partial charge in [0.05, 0.1) is 17.1 Å². The third kappa shape index (κ3) is 2.95. The zero-order chi connectivity index (χ0) is 10.7. The monoisotopic (exact) mass is 216 g/mol. The predicted molar refractivity (Wildman–Crippen MR) is 52.3 cm³/mol. The summed E-state index contributed by atoms with van der Waals surface area (Å²) in [5, 5.41) is 12.5. The third-order valence-electron chi connectivity index (χ3n) is 1.69. The lowest BCUT2D eigenvalue weighted by molar-refractivity contribution is -0.133. The topological polar surface area (TPSA) is 72.2 Å². The van der Waals surface area contributed by atoms with E-state index in [0.717, 1.165) is 11.4 Å². The van der Waals surface area contributed by atoms with Crippen LogP contribution in [0.1, 0.15) is 11.4 Å². The number of carbonyl (C=O) groups is 1. The van der Waals surface area contributed by atoms with Gasteiger partial charge >= 0.3 is 5.97 Å². The Bertz CT molecular complexity index is 373. The highest BCUT2D eigenvalue weighted by Crippen LogP contribution is 2.05. The smallest absolute Gasteiger partial charge is 0.316 e. The van der Waals surface area contributed by atoms with Crippen LogP contribution >= 0.6 is 0 Å². The fourth-order valence-corrected chi connectivity index (χ4v) is 2.13. The highest BCUT2D eigenvalue weighted by molar-refractivity contribution is 7.84. The first-order chi connectivity index (χ1) is 6.49. The summed E-state index contributed by atoms with van der Waals surface area (Å²) >= 11 is 0. The van der Waals surface area contributed by atoms with E-state index in [1.807, 2.05) is 6.92 Å². The summed E-state index contributed by atoms with van der Waals surface area (Å²) in [4.78, 5) is 10.3. The molecule has 0 bridgehead atoms. The van der Waals surface area contributed by atoms with Crippen LogP contribution in [-0.4, -0.2) is 30.8 Å². The van der Waals surface area contributed by atoms with E-state index < -0.39 is 16.8 Å². The van der Waals surface area contributed by atoms with Gasteiger partial charge in [-0.25, -0.2) is 0 Å². The number of nitrogens with zero attached hydrogens (tertiary/aromatic N) is 2. The number of aliphatic carboxylic acids is 1. The van der Waals surface area contributed by atoms with E-state index in [1.165, 1.54) is 0 Å². The van der Waals surface area contributed by atoms with Crippen LogP contribution in [0.5, 0.6) is 0 Å². The van der Waals surface area contributed by atoms with Gasteiger partial charge in [0, 0.05) is 17.8 Å². The van der Waals surface area contributed by atoms with Crippen LogP contribution in [0, 0.1) is 6.92 Å². The molecule has 6 heteroatoms. The van der Waals surface area contributed by atoms with Gasteiger partial charge in [-0.1, -0.05) is 0 Å². The molecule has 1 aromatic rings. The van der Waals surface area contributed by atoms with E-state index in [1.54, 1.807) is 17.8 Å². The van der Waals surface area contributed by atoms with Gasteiger partial charge in [0.1, 0.15) is 5.75 Å². The summed E-state index contributed by atoms with van der Waals surface area (Å²) in [6.07, 6.45) is 0. The Labute approximate surface area is 84.2 Å². The van der Waals surface area contributed by atoms with Gasteiger partial charge in [0.25, 0.3) is 0 Å². The van der Waals surface area contributed by atoms with E-state index >= 15 is 0 Å². The van der Waals surface area contributed by atoms with Gasteiger partial charge in [-0.2, -0.15) is 5.10 Å². The van der Waals surface area contributed by atoms with Crippen molar-refractivity contribution < 1.29 is 14.1 Å². The van der Waals surface area contributed by atoms with Gasteiger partial charge in [-0.05, 0) is 13.0 Å². The molecule has 0 aliphatic heterocycles. The maximum atomic E-state index is 11.3. The van der Waals surface area contributed by atoms with E-state index in [9.17, 15) is 9.00 Å². The van der Waals surface area contributed by atoms with Crippen LogP contribution in [0.3, 0.4) is 0 Å². The first kappa shape index (κ1) is 10.9. The standard InChI is InChI=1S/C8H12N2O3S/c1-6-3-7(10(2)9-6)4-14(13)5-8(11)12/h3H,4-5H2,1-2H3,(H,11,12). The van der Waals surface area contributed by atoms with Gasteiger partial charge in [-0.15, -0.1) is 0 Å². The van der Waals surface area contributed by atoms with Gasteiger partial charge in [0.2, 0.25) is 0 Å². The molecule has 0 radical (unpaired) electrons. The van der Waals surface area contributed by atoms with Crippen molar-refractivity contribution in [2.75, 3.05) is 5.75 Å².